The van der Waals surface area contributed by atoms with Crippen molar-refractivity contribution in [1.82, 2.24) is 5.32 Å². The Labute approximate surface area is 136 Å². The van der Waals surface area contributed by atoms with Crippen LogP contribution in [0, 0.1) is 0 Å². The zero-order valence-electron chi connectivity index (χ0n) is 13.0. The number of nitrogens with one attached hydrogen (secondary N) is 1. The molecule has 1 aromatic carbocycles. The summed E-state index contributed by atoms with van der Waals surface area (Å²) in [6, 6.07) is 6.74. The predicted molar refractivity (Wildman–Crippen MR) is 88.1 cm³/mol. The van der Waals surface area contributed by atoms with Crippen LogP contribution in [0.4, 0.5) is 5.69 Å². The second-order valence-electron chi connectivity index (χ2n) is 5.99. The van der Waals surface area contributed by atoms with Gasteiger partial charge in [0.2, 0.25) is 10.0 Å². The van der Waals surface area contributed by atoms with Gasteiger partial charge in [0.25, 0.3) is 5.91 Å². The van der Waals surface area contributed by atoms with Crippen LogP contribution in [0.25, 0.3) is 0 Å². The lowest BCUT2D eigenvalue weighted by Gasteiger charge is -2.28. The third-order valence-corrected chi connectivity index (χ3v) is 6.15. The number of carbonyl (C=O) groups is 1. The third-order valence-electron chi connectivity index (χ3n) is 4.28. The number of hydrogen-bond acceptors (Lipinski definition) is 4. The molecule has 0 radical (unpaired) electrons. The van der Waals surface area contributed by atoms with Gasteiger partial charge in [-0.1, -0.05) is 0 Å². The maximum Gasteiger partial charge on any atom is 0.251 e. The summed E-state index contributed by atoms with van der Waals surface area (Å²) in [5, 5.41) is 2.86. The normalized spacial score (nSPS) is 23.7. The SMILES string of the molecule is O=C(NCC1CCCO1)c1ccc(N2CCCCS2(=O)=O)cc1. The summed E-state index contributed by atoms with van der Waals surface area (Å²) < 4.78 is 31.1. The lowest BCUT2D eigenvalue weighted by molar-refractivity contribution is 0.0858. The lowest BCUT2D eigenvalue weighted by Crippen LogP contribution is -2.37. The minimum atomic E-state index is -3.21. The lowest BCUT2D eigenvalue weighted by atomic mass is 10.1. The summed E-state index contributed by atoms with van der Waals surface area (Å²) in [6.07, 6.45) is 3.70. The Morgan fingerprint density at radius 2 is 2.00 bits per heavy atom. The van der Waals surface area contributed by atoms with Gasteiger partial charge in [-0.25, -0.2) is 8.42 Å². The number of benzene rings is 1. The van der Waals surface area contributed by atoms with Crippen LogP contribution < -0.4 is 9.62 Å². The van der Waals surface area contributed by atoms with Crippen molar-refractivity contribution < 1.29 is 17.9 Å². The molecule has 1 N–H and O–H groups in total. The molecule has 0 spiro atoms. The van der Waals surface area contributed by atoms with Gasteiger partial charge >= 0.3 is 0 Å². The number of rotatable bonds is 4. The van der Waals surface area contributed by atoms with Crippen molar-refractivity contribution in [3.05, 3.63) is 29.8 Å². The number of carbonyl (C=O) groups excluding carboxylic acids is 1. The highest BCUT2D eigenvalue weighted by molar-refractivity contribution is 7.92. The van der Waals surface area contributed by atoms with E-state index in [2.05, 4.69) is 5.32 Å². The Balaban J connectivity index is 1.63. The summed E-state index contributed by atoms with van der Waals surface area (Å²) in [7, 11) is -3.21. The van der Waals surface area contributed by atoms with E-state index >= 15 is 0 Å². The maximum absolute atomic E-state index is 12.1. The smallest absolute Gasteiger partial charge is 0.251 e. The van der Waals surface area contributed by atoms with Crippen LogP contribution in [-0.4, -0.2) is 45.9 Å². The Morgan fingerprint density at radius 1 is 1.22 bits per heavy atom. The topological polar surface area (TPSA) is 75.7 Å². The van der Waals surface area contributed by atoms with Crippen LogP contribution in [0.2, 0.25) is 0 Å². The molecule has 0 saturated carbocycles. The molecule has 2 fully saturated rings. The van der Waals surface area contributed by atoms with Crippen LogP contribution in [0.3, 0.4) is 0 Å². The first-order valence-electron chi connectivity index (χ1n) is 8.06. The molecule has 0 aliphatic carbocycles. The molecule has 126 valence electrons. The van der Waals surface area contributed by atoms with Crippen molar-refractivity contribution in [2.24, 2.45) is 0 Å². The van der Waals surface area contributed by atoms with Crippen LogP contribution in [0.1, 0.15) is 36.0 Å². The molecule has 0 bridgehead atoms. The van der Waals surface area contributed by atoms with E-state index in [0.717, 1.165) is 25.9 Å². The number of anilines is 1. The molecular formula is C16H22N2O4S. The molecule has 1 aromatic rings. The largest absolute Gasteiger partial charge is 0.376 e. The average molecular weight is 338 g/mol. The Bertz CT molecular complexity index is 651. The van der Waals surface area contributed by atoms with Gasteiger partial charge in [-0.15, -0.1) is 0 Å². The van der Waals surface area contributed by atoms with Crippen molar-refractivity contribution in [1.29, 1.82) is 0 Å². The molecule has 2 aliphatic heterocycles. The van der Waals surface area contributed by atoms with E-state index in [1.165, 1.54) is 4.31 Å². The summed E-state index contributed by atoms with van der Waals surface area (Å²) in [5.41, 5.74) is 1.15. The molecule has 0 aromatic heterocycles. The minimum Gasteiger partial charge on any atom is -0.376 e. The molecule has 1 unspecified atom stereocenters. The standard InChI is InChI=1S/C16H22N2O4S/c19-16(17-12-15-4-3-10-22-15)13-5-7-14(8-6-13)18-9-1-2-11-23(18,20)21/h5-8,15H,1-4,9-12H2,(H,17,19). The zero-order chi connectivity index (χ0) is 16.3. The van der Waals surface area contributed by atoms with Crippen molar-refractivity contribution in [2.45, 2.75) is 31.8 Å². The summed E-state index contributed by atoms with van der Waals surface area (Å²) in [5.74, 6) is 0.0323. The second kappa shape index (κ2) is 6.88. The van der Waals surface area contributed by atoms with Gasteiger partial charge in [0.15, 0.2) is 0 Å². The van der Waals surface area contributed by atoms with Gasteiger partial charge in [0, 0.05) is 25.3 Å². The Kier molecular flexibility index (Phi) is 4.87. The molecule has 1 amide bonds. The van der Waals surface area contributed by atoms with Crippen molar-refractivity contribution in [2.75, 3.05) is 29.8 Å². The fraction of sp³-hybridized carbons (Fsp3) is 0.562. The molecule has 6 nitrogen and oxygen atoms in total. The molecular weight excluding hydrogens is 316 g/mol. The van der Waals surface area contributed by atoms with Gasteiger partial charge in [0.05, 0.1) is 17.5 Å². The van der Waals surface area contributed by atoms with Crippen LogP contribution >= 0.6 is 0 Å². The molecule has 2 aliphatic rings. The van der Waals surface area contributed by atoms with E-state index in [-0.39, 0.29) is 17.8 Å². The fourth-order valence-electron chi connectivity index (χ4n) is 2.97. The highest BCUT2D eigenvalue weighted by atomic mass is 32.2. The summed E-state index contributed by atoms with van der Waals surface area (Å²) in [4.78, 5) is 12.1. The van der Waals surface area contributed by atoms with Crippen molar-refractivity contribution in [3.63, 3.8) is 0 Å². The molecule has 7 heteroatoms. The summed E-state index contributed by atoms with van der Waals surface area (Å²) in [6.45, 7) is 1.79. The number of amides is 1. The van der Waals surface area contributed by atoms with Gasteiger partial charge in [-0.2, -0.15) is 0 Å². The average Bonchev–Trinajstić information content (AvgIpc) is 3.06. The van der Waals surface area contributed by atoms with E-state index in [1.54, 1.807) is 24.3 Å². The molecule has 2 heterocycles. The number of nitrogens with zero attached hydrogens (tertiary/aromatic N) is 1. The fourth-order valence-corrected chi connectivity index (χ4v) is 4.61. The van der Waals surface area contributed by atoms with Crippen molar-refractivity contribution >= 4 is 21.6 Å². The van der Waals surface area contributed by atoms with E-state index in [1.807, 2.05) is 0 Å². The molecule has 3 rings (SSSR count). The Morgan fingerprint density at radius 3 is 2.65 bits per heavy atom. The van der Waals surface area contributed by atoms with Crippen LogP contribution in [0.5, 0.6) is 0 Å². The first-order valence-corrected chi connectivity index (χ1v) is 9.67. The first kappa shape index (κ1) is 16.3. The van der Waals surface area contributed by atoms with Gasteiger partial charge in [-0.3, -0.25) is 9.10 Å². The number of ether oxygens (including phenoxy) is 1. The van der Waals surface area contributed by atoms with E-state index in [0.29, 0.717) is 30.8 Å². The second-order valence-corrected chi connectivity index (χ2v) is 8.00. The predicted octanol–water partition coefficient (Wildman–Crippen LogP) is 1.53. The first-order chi connectivity index (χ1) is 11.1. The molecule has 23 heavy (non-hydrogen) atoms. The maximum atomic E-state index is 12.1. The van der Waals surface area contributed by atoms with Gasteiger partial charge in [0.1, 0.15) is 0 Å². The third kappa shape index (κ3) is 3.84. The number of sulfonamides is 1. The van der Waals surface area contributed by atoms with E-state index in [4.69, 9.17) is 4.74 Å². The minimum absolute atomic E-state index is 0.108. The number of hydrogen-bond donors (Lipinski definition) is 1. The van der Waals surface area contributed by atoms with Crippen LogP contribution in [0.15, 0.2) is 24.3 Å². The summed E-state index contributed by atoms with van der Waals surface area (Å²) >= 11 is 0. The van der Waals surface area contributed by atoms with Gasteiger partial charge < -0.3 is 10.1 Å². The molecule has 1 atom stereocenters. The van der Waals surface area contributed by atoms with Crippen molar-refractivity contribution in [3.8, 4) is 0 Å². The van der Waals surface area contributed by atoms with E-state index < -0.39 is 10.0 Å². The van der Waals surface area contributed by atoms with E-state index in [9.17, 15) is 13.2 Å². The van der Waals surface area contributed by atoms with Gasteiger partial charge in [-0.05, 0) is 49.9 Å². The monoisotopic (exact) mass is 338 g/mol. The molecule has 2 saturated heterocycles. The highest BCUT2D eigenvalue weighted by Crippen LogP contribution is 2.23. The van der Waals surface area contributed by atoms with Crippen LogP contribution in [-0.2, 0) is 14.8 Å². The Hall–Kier alpha value is -1.60. The quantitative estimate of drug-likeness (QED) is 0.903. The highest BCUT2D eigenvalue weighted by Gasteiger charge is 2.26. The zero-order valence-corrected chi connectivity index (χ0v) is 13.8.